The van der Waals surface area contributed by atoms with Crippen LogP contribution >= 0.6 is 0 Å². The third kappa shape index (κ3) is 5.33. The molecule has 36 heavy (non-hydrogen) atoms. The average molecular weight is 494 g/mol. The van der Waals surface area contributed by atoms with Crippen molar-refractivity contribution in [3.63, 3.8) is 0 Å². The Balaban J connectivity index is 1.51. The molecule has 0 bridgehead atoms. The summed E-state index contributed by atoms with van der Waals surface area (Å²) in [6.07, 6.45) is 0.945. The van der Waals surface area contributed by atoms with E-state index in [-0.39, 0.29) is 11.9 Å². The van der Waals surface area contributed by atoms with Crippen molar-refractivity contribution in [1.82, 2.24) is 0 Å². The van der Waals surface area contributed by atoms with Crippen molar-refractivity contribution < 1.29 is 27.8 Å². The molecule has 0 aliphatic carbocycles. The molecule has 3 aromatic carbocycles. The van der Waals surface area contributed by atoms with Crippen molar-refractivity contribution in [3.05, 3.63) is 77.4 Å². The lowest BCUT2D eigenvalue weighted by molar-refractivity contribution is 0.102. The molecule has 1 N–H and O–H groups in total. The van der Waals surface area contributed by atoms with Gasteiger partial charge in [0, 0.05) is 32.0 Å². The second-order valence-electron chi connectivity index (χ2n) is 8.22. The zero-order valence-corrected chi connectivity index (χ0v) is 19.9. The fourth-order valence-electron chi connectivity index (χ4n) is 4.20. The number of amides is 1. The molecule has 0 saturated carbocycles. The van der Waals surface area contributed by atoms with Crippen LogP contribution in [0.1, 0.15) is 28.8 Å². The molecule has 1 saturated heterocycles. The van der Waals surface area contributed by atoms with Crippen LogP contribution in [0.5, 0.6) is 17.2 Å². The van der Waals surface area contributed by atoms with Gasteiger partial charge in [-0.2, -0.15) is 5.26 Å². The highest BCUT2D eigenvalue weighted by molar-refractivity contribution is 6.08. The number of nitrogens with zero attached hydrogens (tertiary/aromatic N) is 2. The number of carbonyl (C=O) groups excluding carboxylic acids is 1. The van der Waals surface area contributed by atoms with Gasteiger partial charge in [-0.15, -0.1) is 0 Å². The summed E-state index contributed by atoms with van der Waals surface area (Å²) >= 11 is 0. The van der Waals surface area contributed by atoms with Gasteiger partial charge in [-0.1, -0.05) is 6.07 Å². The number of hydrogen-bond donors (Lipinski definition) is 1. The highest BCUT2D eigenvalue weighted by Gasteiger charge is 2.25. The highest BCUT2D eigenvalue weighted by atomic mass is 19.1. The van der Waals surface area contributed by atoms with Crippen molar-refractivity contribution in [1.29, 1.82) is 5.26 Å². The maximum atomic E-state index is 14.0. The molecule has 3 aromatic rings. The van der Waals surface area contributed by atoms with Gasteiger partial charge in [0.2, 0.25) is 0 Å². The van der Waals surface area contributed by atoms with Gasteiger partial charge in [0.05, 0.1) is 42.8 Å². The average Bonchev–Trinajstić information content (AvgIpc) is 2.90. The third-order valence-corrected chi connectivity index (χ3v) is 5.99. The molecule has 1 amide bonds. The van der Waals surface area contributed by atoms with Crippen LogP contribution in [0.2, 0.25) is 0 Å². The van der Waals surface area contributed by atoms with Crippen LogP contribution in [-0.4, -0.2) is 39.3 Å². The Morgan fingerprint density at radius 3 is 2.47 bits per heavy atom. The molecule has 1 heterocycles. The number of anilines is 2. The van der Waals surface area contributed by atoms with Crippen LogP contribution in [0.3, 0.4) is 0 Å². The maximum absolute atomic E-state index is 14.0. The normalized spacial score (nSPS) is 13.6. The second-order valence-corrected chi connectivity index (χ2v) is 8.22. The van der Waals surface area contributed by atoms with E-state index in [4.69, 9.17) is 14.2 Å². The Hall–Kier alpha value is -4.32. The summed E-state index contributed by atoms with van der Waals surface area (Å²) in [5.41, 5.74) is 1.92. The van der Waals surface area contributed by atoms with Gasteiger partial charge in [0.25, 0.3) is 5.91 Å². The quantitative estimate of drug-likeness (QED) is 0.490. The maximum Gasteiger partial charge on any atom is 0.259 e. The number of rotatable bonds is 7. The van der Waals surface area contributed by atoms with Gasteiger partial charge < -0.3 is 24.4 Å². The van der Waals surface area contributed by atoms with Crippen LogP contribution in [0.25, 0.3) is 0 Å². The summed E-state index contributed by atoms with van der Waals surface area (Å²) in [6, 6.07) is 15.5. The van der Waals surface area contributed by atoms with E-state index in [9.17, 15) is 18.8 Å². The molecule has 0 radical (unpaired) electrons. The lowest BCUT2D eigenvalue weighted by Crippen LogP contribution is -2.38. The molecule has 186 valence electrons. The Bertz CT molecular complexity index is 1300. The molecular formula is C27H25F2N3O4. The first kappa shape index (κ1) is 24.8. The molecule has 4 rings (SSSR count). The molecule has 1 fully saturated rings. The Morgan fingerprint density at radius 2 is 1.81 bits per heavy atom. The summed E-state index contributed by atoms with van der Waals surface area (Å²) in [7, 11) is 2.95. The molecule has 0 aromatic heterocycles. The van der Waals surface area contributed by atoms with Crippen molar-refractivity contribution in [2.24, 2.45) is 0 Å². The van der Waals surface area contributed by atoms with Crippen molar-refractivity contribution in [3.8, 4) is 23.3 Å². The molecule has 7 nitrogen and oxygen atoms in total. The number of piperidine rings is 1. The number of hydrogen-bond acceptors (Lipinski definition) is 6. The summed E-state index contributed by atoms with van der Waals surface area (Å²) in [5, 5.41) is 12.3. The summed E-state index contributed by atoms with van der Waals surface area (Å²) in [4.78, 5) is 15.2. The van der Waals surface area contributed by atoms with Crippen LogP contribution in [0.4, 0.5) is 20.2 Å². The summed E-state index contributed by atoms with van der Waals surface area (Å²) in [5.74, 6) is -1.04. The standard InChI is InChI=1S/C27H25F2N3O4/c1-34-25-5-3-4-20(26(25)35-2)27(33)31-22-14-17(16-30)6-8-23(22)32-12-10-19(11-13-32)36-24-9-7-18(28)15-21(24)29/h3-9,14-15,19H,10-13H2,1-2H3,(H,31,33). The lowest BCUT2D eigenvalue weighted by Gasteiger charge is -2.35. The number of ether oxygens (including phenoxy) is 3. The fraction of sp³-hybridized carbons (Fsp3) is 0.259. The minimum atomic E-state index is -0.734. The Kier molecular flexibility index (Phi) is 7.54. The SMILES string of the molecule is COc1cccc(C(=O)Nc2cc(C#N)ccc2N2CCC(Oc3ccc(F)cc3F)CC2)c1OC. The predicted octanol–water partition coefficient (Wildman–Crippen LogP) is 5.15. The molecule has 0 spiro atoms. The van der Waals surface area contributed by atoms with E-state index in [0.29, 0.717) is 54.2 Å². The number of benzene rings is 3. The van der Waals surface area contributed by atoms with Gasteiger partial charge in [-0.3, -0.25) is 4.79 Å². The van der Waals surface area contributed by atoms with Crippen molar-refractivity contribution >= 4 is 17.3 Å². The van der Waals surface area contributed by atoms with Gasteiger partial charge in [0.1, 0.15) is 11.9 Å². The first-order chi connectivity index (χ1) is 17.4. The van der Waals surface area contributed by atoms with Crippen LogP contribution in [0.15, 0.2) is 54.6 Å². The first-order valence-corrected chi connectivity index (χ1v) is 11.4. The molecule has 0 atom stereocenters. The van der Waals surface area contributed by atoms with Crippen molar-refractivity contribution in [2.45, 2.75) is 18.9 Å². The summed E-state index contributed by atoms with van der Waals surface area (Å²) < 4.78 is 43.6. The lowest BCUT2D eigenvalue weighted by atomic mass is 10.0. The number of carbonyl (C=O) groups is 1. The van der Waals surface area contributed by atoms with Gasteiger partial charge in [0.15, 0.2) is 23.1 Å². The van der Waals surface area contributed by atoms with E-state index in [1.165, 1.54) is 20.3 Å². The predicted molar refractivity (Wildman–Crippen MR) is 131 cm³/mol. The molecular weight excluding hydrogens is 468 g/mol. The van der Waals surface area contributed by atoms with Crippen LogP contribution in [0, 0.1) is 23.0 Å². The third-order valence-electron chi connectivity index (χ3n) is 5.99. The molecule has 1 aliphatic heterocycles. The van der Waals surface area contributed by atoms with E-state index < -0.39 is 17.5 Å². The zero-order chi connectivity index (χ0) is 25.7. The van der Waals surface area contributed by atoms with E-state index in [1.54, 1.807) is 36.4 Å². The van der Waals surface area contributed by atoms with E-state index in [0.717, 1.165) is 17.8 Å². The minimum Gasteiger partial charge on any atom is -0.493 e. The number of methoxy groups -OCH3 is 2. The Labute approximate surface area is 207 Å². The van der Waals surface area contributed by atoms with Gasteiger partial charge in [-0.25, -0.2) is 8.78 Å². The topological polar surface area (TPSA) is 83.8 Å². The second kappa shape index (κ2) is 11.0. The molecule has 0 unspecified atom stereocenters. The highest BCUT2D eigenvalue weighted by Crippen LogP contribution is 2.34. The summed E-state index contributed by atoms with van der Waals surface area (Å²) in [6.45, 7) is 1.15. The molecule has 9 heteroatoms. The zero-order valence-electron chi connectivity index (χ0n) is 19.9. The minimum absolute atomic E-state index is 0.0217. The van der Waals surface area contributed by atoms with Gasteiger partial charge >= 0.3 is 0 Å². The smallest absolute Gasteiger partial charge is 0.259 e. The first-order valence-electron chi connectivity index (χ1n) is 11.4. The van der Waals surface area contributed by atoms with E-state index in [1.807, 2.05) is 0 Å². The van der Waals surface area contributed by atoms with Crippen molar-refractivity contribution in [2.75, 3.05) is 37.5 Å². The number of para-hydroxylation sites is 1. The number of nitriles is 1. The number of halogens is 2. The van der Waals surface area contributed by atoms with Crippen LogP contribution < -0.4 is 24.4 Å². The van der Waals surface area contributed by atoms with E-state index >= 15 is 0 Å². The molecule has 1 aliphatic rings. The number of nitrogens with one attached hydrogen (secondary N) is 1. The van der Waals surface area contributed by atoms with Gasteiger partial charge in [-0.05, 0) is 42.5 Å². The largest absolute Gasteiger partial charge is 0.493 e. The van der Waals surface area contributed by atoms with Crippen LogP contribution in [-0.2, 0) is 0 Å². The van der Waals surface area contributed by atoms with E-state index in [2.05, 4.69) is 16.3 Å². The monoisotopic (exact) mass is 493 g/mol. The fourth-order valence-corrected chi connectivity index (χ4v) is 4.20. The Morgan fingerprint density at radius 1 is 1.03 bits per heavy atom.